The van der Waals surface area contributed by atoms with Gasteiger partial charge in [-0.3, -0.25) is 14.4 Å². The van der Waals surface area contributed by atoms with E-state index in [0.29, 0.717) is 0 Å². The van der Waals surface area contributed by atoms with Gasteiger partial charge in [0.15, 0.2) is 5.65 Å². The number of pyridine rings is 1. The molecule has 3 heterocycles. The second-order valence-electron chi connectivity index (χ2n) is 6.37. The third-order valence-corrected chi connectivity index (χ3v) is 4.76. The molecule has 0 fully saturated rings. The second kappa shape index (κ2) is 6.30. The molecular formula is C22H16N4O. The highest BCUT2D eigenvalue weighted by Crippen LogP contribution is 2.27. The van der Waals surface area contributed by atoms with Crippen LogP contribution in [0.25, 0.3) is 39.1 Å². The van der Waals surface area contributed by atoms with Crippen molar-refractivity contribution in [1.29, 1.82) is 0 Å². The van der Waals surface area contributed by atoms with Crippen LogP contribution >= 0.6 is 0 Å². The normalized spacial score (nSPS) is 11.3. The lowest BCUT2D eigenvalue weighted by Gasteiger charge is -2.09. The molecule has 27 heavy (non-hydrogen) atoms. The third-order valence-electron chi connectivity index (χ3n) is 4.76. The molecule has 5 nitrogen and oxygen atoms in total. The minimum absolute atomic E-state index is 0.0235. The summed E-state index contributed by atoms with van der Waals surface area (Å²) in [6.07, 6.45) is 7.39. The average molecular weight is 352 g/mol. The van der Waals surface area contributed by atoms with Crippen LogP contribution < -0.4 is 0 Å². The van der Waals surface area contributed by atoms with Crippen LogP contribution in [0.4, 0.5) is 0 Å². The number of hydrogen-bond donors (Lipinski definition) is 1. The van der Waals surface area contributed by atoms with Crippen LogP contribution in [-0.2, 0) is 6.61 Å². The smallest absolute Gasteiger partial charge is 0.155 e. The quantitative estimate of drug-likeness (QED) is 0.531. The molecule has 0 aliphatic heterocycles. The van der Waals surface area contributed by atoms with E-state index in [9.17, 15) is 5.11 Å². The van der Waals surface area contributed by atoms with Crippen molar-refractivity contribution in [3.8, 4) is 22.5 Å². The van der Waals surface area contributed by atoms with Gasteiger partial charge >= 0.3 is 0 Å². The maximum atomic E-state index is 9.63. The van der Waals surface area contributed by atoms with Gasteiger partial charge in [-0.1, -0.05) is 36.4 Å². The molecule has 0 saturated heterocycles. The number of imidazole rings is 1. The van der Waals surface area contributed by atoms with Gasteiger partial charge in [0.25, 0.3) is 0 Å². The first kappa shape index (κ1) is 15.7. The molecule has 0 aliphatic rings. The molecule has 0 radical (unpaired) electrons. The molecule has 0 amide bonds. The van der Waals surface area contributed by atoms with Gasteiger partial charge in [-0.25, -0.2) is 4.98 Å². The van der Waals surface area contributed by atoms with Crippen molar-refractivity contribution in [3.63, 3.8) is 0 Å². The van der Waals surface area contributed by atoms with Gasteiger partial charge in [-0.2, -0.15) is 0 Å². The second-order valence-corrected chi connectivity index (χ2v) is 6.37. The van der Waals surface area contributed by atoms with E-state index in [0.717, 1.165) is 44.6 Å². The van der Waals surface area contributed by atoms with Crippen molar-refractivity contribution in [3.05, 3.63) is 84.9 Å². The van der Waals surface area contributed by atoms with Crippen molar-refractivity contribution >= 4 is 16.6 Å². The fourth-order valence-electron chi connectivity index (χ4n) is 3.38. The van der Waals surface area contributed by atoms with Gasteiger partial charge in [0.05, 0.1) is 35.9 Å². The van der Waals surface area contributed by atoms with Crippen LogP contribution in [0.1, 0.15) is 5.56 Å². The van der Waals surface area contributed by atoms with E-state index in [1.54, 1.807) is 12.4 Å². The number of rotatable bonds is 3. The molecular weight excluding hydrogens is 336 g/mol. The lowest BCUT2D eigenvalue weighted by molar-refractivity contribution is 0.282. The van der Waals surface area contributed by atoms with Crippen LogP contribution in [0.5, 0.6) is 0 Å². The molecule has 0 spiro atoms. The number of nitrogens with zero attached hydrogens (tertiary/aromatic N) is 4. The maximum absolute atomic E-state index is 9.63. The number of benzene rings is 2. The van der Waals surface area contributed by atoms with Crippen LogP contribution in [-0.4, -0.2) is 24.5 Å². The Kier molecular flexibility index (Phi) is 3.66. The molecule has 2 aromatic carbocycles. The van der Waals surface area contributed by atoms with Crippen molar-refractivity contribution in [2.45, 2.75) is 6.61 Å². The number of hydrogen-bond acceptors (Lipinski definition) is 4. The summed E-state index contributed by atoms with van der Waals surface area (Å²) in [6.45, 7) is -0.0235. The van der Waals surface area contributed by atoms with E-state index in [-0.39, 0.29) is 6.61 Å². The van der Waals surface area contributed by atoms with Gasteiger partial charge in [-0.05, 0) is 23.8 Å². The highest BCUT2D eigenvalue weighted by atomic mass is 16.3. The standard InChI is InChI=1S/C22H16N4O/c27-14-17-4-1-2-6-18(17)20-13-26-21(11-25-22(26)12-24-20)16-7-8-19-15(10-16)5-3-9-23-19/h1-13,27H,14H2. The molecule has 3 aromatic heterocycles. The van der Waals surface area contributed by atoms with Crippen LogP contribution in [0.15, 0.2) is 79.4 Å². The molecule has 1 N–H and O–H groups in total. The Hall–Kier alpha value is -3.57. The SMILES string of the molecule is OCc1ccccc1-c1cn2c(-c3ccc4ncccc4c3)cnc2cn1. The van der Waals surface area contributed by atoms with Gasteiger partial charge in [0.2, 0.25) is 0 Å². The molecule has 130 valence electrons. The first-order valence-corrected chi connectivity index (χ1v) is 8.71. The summed E-state index contributed by atoms with van der Waals surface area (Å²) >= 11 is 0. The summed E-state index contributed by atoms with van der Waals surface area (Å²) in [5.74, 6) is 0. The Bertz CT molecular complexity index is 1280. The molecule has 0 saturated carbocycles. The molecule has 0 aliphatic carbocycles. The fraction of sp³-hybridized carbons (Fsp3) is 0.0455. The molecule has 5 heteroatoms. The van der Waals surface area contributed by atoms with Crippen molar-refractivity contribution in [1.82, 2.24) is 19.4 Å². The van der Waals surface area contributed by atoms with Crippen LogP contribution in [0.3, 0.4) is 0 Å². The zero-order valence-electron chi connectivity index (χ0n) is 14.4. The minimum atomic E-state index is -0.0235. The molecule has 0 atom stereocenters. The number of aliphatic hydroxyl groups excluding tert-OH is 1. The van der Waals surface area contributed by atoms with Gasteiger partial charge in [-0.15, -0.1) is 0 Å². The van der Waals surface area contributed by atoms with E-state index in [4.69, 9.17) is 0 Å². The summed E-state index contributed by atoms with van der Waals surface area (Å²) in [6, 6.07) is 17.9. The van der Waals surface area contributed by atoms with Crippen molar-refractivity contribution in [2.75, 3.05) is 0 Å². The molecule has 0 unspecified atom stereocenters. The molecule has 5 rings (SSSR count). The largest absolute Gasteiger partial charge is 0.392 e. The zero-order chi connectivity index (χ0) is 18.2. The molecule has 5 aromatic rings. The lowest BCUT2D eigenvalue weighted by Crippen LogP contribution is -1.96. The highest BCUT2D eigenvalue weighted by Gasteiger charge is 2.11. The Balaban J connectivity index is 1.69. The summed E-state index contributed by atoms with van der Waals surface area (Å²) in [5, 5.41) is 10.7. The zero-order valence-corrected chi connectivity index (χ0v) is 14.4. The van der Waals surface area contributed by atoms with E-state index in [1.165, 1.54) is 0 Å². The third kappa shape index (κ3) is 2.65. The van der Waals surface area contributed by atoms with Gasteiger partial charge < -0.3 is 5.11 Å². The lowest BCUT2D eigenvalue weighted by atomic mass is 10.1. The van der Waals surface area contributed by atoms with Crippen LogP contribution in [0, 0.1) is 0 Å². The number of fused-ring (bicyclic) bond motifs is 2. The maximum Gasteiger partial charge on any atom is 0.155 e. The summed E-state index contributed by atoms with van der Waals surface area (Å²) in [5.41, 5.74) is 6.37. The van der Waals surface area contributed by atoms with Crippen LogP contribution in [0.2, 0.25) is 0 Å². The van der Waals surface area contributed by atoms with Crippen molar-refractivity contribution < 1.29 is 5.11 Å². The predicted octanol–water partition coefficient (Wildman–Crippen LogP) is 4.10. The van der Waals surface area contributed by atoms with Crippen molar-refractivity contribution in [2.24, 2.45) is 0 Å². The van der Waals surface area contributed by atoms with E-state index >= 15 is 0 Å². The first-order valence-electron chi connectivity index (χ1n) is 8.71. The van der Waals surface area contributed by atoms with Gasteiger partial charge in [0.1, 0.15) is 0 Å². The highest BCUT2D eigenvalue weighted by molar-refractivity contribution is 5.84. The number of aliphatic hydroxyl groups is 1. The van der Waals surface area contributed by atoms with E-state index in [2.05, 4.69) is 33.2 Å². The molecule has 0 bridgehead atoms. The Morgan fingerprint density at radius 3 is 2.74 bits per heavy atom. The summed E-state index contributed by atoms with van der Waals surface area (Å²) < 4.78 is 2.04. The minimum Gasteiger partial charge on any atom is -0.392 e. The summed E-state index contributed by atoms with van der Waals surface area (Å²) in [7, 11) is 0. The number of aromatic nitrogens is 4. The van der Waals surface area contributed by atoms with Gasteiger partial charge in [0, 0.05) is 28.9 Å². The monoisotopic (exact) mass is 352 g/mol. The Morgan fingerprint density at radius 1 is 0.889 bits per heavy atom. The van der Waals surface area contributed by atoms with E-state index in [1.807, 2.05) is 53.2 Å². The summed E-state index contributed by atoms with van der Waals surface area (Å²) in [4.78, 5) is 13.4. The predicted molar refractivity (Wildman–Crippen MR) is 105 cm³/mol. The first-order chi connectivity index (χ1) is 13.3. The Labute approximate surface area is 155 Å². The average Bonchev–Trinajstić information content (AvgIpc) is 3.16. The topological polar surface area (TPSA) is 63.3 Å². The van der Waals surface area contributed by atoms with E-state index < -0.39 is 0 Å². The Morgan fingerprint density at radius 2 is 1.81 bits per heavy atom. The fourth-order valence-corrected chi connectivity index (χ4v) is 3.38.